The molecule has 6 heteroatoms. The lowest BCUT2D eigenvalue weighted by Gasteiger charge is -2.21. The molecule has 2 N–H and O–H groups in total. The maximum absolute atomic E-state index is 12.4. The van der Waals surface area contributed by atoms with Gasteiger partial charge in [0.25, 0.3) is 5.91 Å². The predicted molar refractivity (Wildman–Crippen MR) is 110 cm³/mol. The largest absolute Gasteiger partial charge is 0.484 e. The Morgan fingerprint density at radius 3 is 2.57 bits per heavy atom. The van der Waals surface area contributed by atoms with Crippen LogP contribution in [0.15, 0.2) is 48.5 Å². The van der Waals surface area contributed by atoms with Crippen molar-refractivity contribution in [1.82, 2.24) is 0 Å². The molecule has 2 aliphatic rings. The number of carbonyl (C=O) groups is 2. The monoisotopic (exact) mass is 379 g/mol. The van der Waals surface area contributed by atoms with Crippen molar-refractivity contribution in [3.63, 3.8) is 0 Å². The van der Waals surface area contributed by atoms with Gasteiger partial charge in [0.05, 0.1) is 11.4 Å². The molecule has 2 fully saturated rings. The number of hydrogen-bond acceptors (Lipinski definition) is 4. The van der Waals surface area contributed by atoms with E-state index in [4.69, 9.17) is 4.74 Å². The SMILES string of the molecule is O=C(COc1cccc(NC(=O)C2CC2)c1)Nc1ccccc1N1CCCC1. The molecule has 0 aromatic heterocycles. The summed E-state index contributed by atoms with van der Waals surface area (Å²) in [4.78, 5) is 26.6. The number of ether oxygens (including phenoxy) is 1. The molecular formula is C22H25N3O3. The second-order valence-corrected chi connectivity index (χ2v) is 7.34. The summed E-state index contributed by atoms with van der Waals surface area (Å²) in [6.45, 7) is 1.94. The van der Waals surface area contributed by atoms with Crippen LogP contribution in [0.5, 0.6) is 5.75 Å². The van der Waals surface area contributed by atoms with Gasteiger partial charge in [0.1, 0.15) is 5.75 Å². The molecule has 4 rings (SSSR count). The lowest BCUT2D eigenvalue weighted by molar-refractivity contribution is -0.118. The van der Waals surface area contributed by atoms with Crippen LogP contribution in [-0.4, -0.2) is 31.5 Å². The molecule has 2 aromatic rings. The van der Waals surface area contributed by atoms with Gasteiger partial charge in [-0.05, 0) is 49.9 Å². The van der Waals surface area contributed by atoms with Gasteiger partial charge in [-0.3, -0.25) is 9.59 Å². The first-order valence-corrected chi connectivity index (χ1v) is 9.86. The fraction of sp³-hybridized carbons (Fsp3) is 0.364. The van der Waals surface area contributed by atoms with Crippen molar-refractivity contribution in [3.8, 4) is 5.75 Å². The third-order valence-corrected chi connectivity index (χ3v) is 5.04. The lowest BCUT2D eigenvalue weighted by Crippen LogP contribution is -2.24. The van der Waals surface area contributed by atoms with E-state index in [9.17, 15) is 9.59 Å². The van der Waals surface area contributed by atoms with Crippen LogP contribution in [0.3, 0.4) is 0 Å². The Hall–Kier alpha value is -3.02. The highest BCUT2D eigenvalue weighted by Crippen LogP contribution is 2.31. The Morgan fingerprint density at radius 1 is 1.00 bits per heavy atom. The molecule has 0 bridgehead atoms. The summed E-state index contributed by atoms with van der Waals surface area (Å²) in [6, 6.07) is 15.0. The van der Waals surface area contributed by atoms with Crippen molar-refractivity contribution in [1.29, 1.82) is 0 Å². The first-order chi connectivity index (χ1) is 13.7. The number of nitrogens with zero attached hydrogens (tertiary/aromatic N) is 1. The summed E-state index contributed by atoms with van der Waals surface area (Å²) in [7, 11) is 0. The standard InChI is InChI=1S/C22H25N3O3/c26-21(24-19-8-1-2-9-20(19)25-12-3-4-13-25)15-28-18-7-5-6-17(14-18)23-22(27)16-10-11-16/h1-2,5-9,14,16H,3-4,10-13,15H2,(H,23,27)(H,24,26). The van der Waals surface area contributed by atoms with Crippen LogP contribution in [0.4, 0.5) is 17.1 Å². The minimum Gasteiger partial charge on any atom is -0.484 e. The van der Waals surface area contributed by atoms with E-state index in [1.165, 1.54) is 12.8 Å². The molecule has 1 saturated carbocycles. The molecular weight excluding hydrogens is 354 g/mol. The van der Waals surface area contributed by atoms with E-state index >= 15 is 0 Å². The van der Waals surface area contributed by atoms with E-state index in [0.29, 0.717) is 11.4 Å². The fourth-order valence-electron chi connectivity index (χ4n) is 3.40. The topological polar surface area (TPSA) is 70.7 Å². The second kappa shape index (κ2) is 8.33. The second-order valence-electron chi connectivity index (χ2n) is 7.34. The summed E-state index contributed by atoms with van der Waals surface area (Å²) in [5.41, 5.74) is 2.55. The molecule has 1 aliphatic heterocycles. The first kappa shape index (κ1) is 18.3. The summed E-state index contributed by atoms with van der Waals surface area (Å²) >= 11 is 0. The molecule has 28 heavy (non-hydrogen) atoms. The van der Waals surface area contributed by atoms with Crippen molar-refractivity contribution in [2.24, 2.45) is 5.92 Å². The Balaban J connectivity index is 1.33. The van der Waals surface area contributed by atoms with Crippen molar-refractivity contribution in [2.45, 2.75) is 25.7 Å². The van der Waals surface area contributed by atoms with Crippen LogP contribution in [0, 0.1) is 5.92 Å². The molecule has 0 radical (unpaired) electrons. The molecule has 2 amide bonds. The summed E-state index contributed by atoms with van der Waals surface area (Å²) in [6.07, 6.45) is 4.28. The summed E-state index contributed by atoms with van der Waals surface area (Å²) in [5.74, 6) is 0.537. The van der Waals surface area contributed by atoms with E-state index < -0.39 is 0 Å². The third-order valence-electron chi connectivity index (χ3n) is 5.04. The Labute approximate surface area is 164 Å². The maximum atomic E-state index is 12.4. The zero-order chi connectivity index (χ0) is 19.3. The van der Waals surface area contributed by atoms with Crippen molar-refractivity contribution >= 4 is 28.9 Å². The highest BCUT2D eigenvalue weighted by Gasteiger charge is 2.29. The van der Waals surface area contributed by atoms with E-state index in [-0.39, 0.29) is 24.3 Å². The number of hydrogen-bond donors (Lipinski definition) is 2. The molecule has 0 spiro atoms. The van der Waals surface area contributed by atoms with Gasteiger partial charge in [-0.15, -0.1) is 0 Å². The van der Waals surface area contributed by atoms with E-state index in [2.05, 4.69) is 15.5 Å². The normalized spacial score (nSPS) is 15.9. The zero-order valence-corrected chi connectivity index (χ0v) is 15.8. The molecule has 2 aromatic carbocycles. The number of benzene rings is 2. The molecule has 1 saturated heterocycles. The van der Waals surface area contributed by atoms with Crippen molar-refractivity contribution in [3.05, 3.63) is 48.5 Å². The van der Waals surface area contributed by atoms with E-state index in [1.807, 2.05) is 30.3 Å². The van der Waals surface area contributed by atoms with Gasteiger partial charge in [-0.2, -0.15) is 0 Å². The van der Waals surface area contributed by atoms with Crippen LogP contribution in [-0.2, 0) is 9.59 Å². The van der Waals surface area contributed by atoms with Crippen molar-refractivity contribution in [2.75, 3.05) is 35.2 Å². The van der Waals surface area contributed by atoms with Gasteiger partial charge in [0.2, 0.25) is 5.91 Å². The van der Waals surface area contributed by atoms with Crippen molar-refractivity contribution < 1.29 is 14.3 Å². The van der Waals surface area contributed by atoms with Gasteiger partial charge in [-0.25, -0.2) is 0 Å². The quantitative estimate of drug-likeness (QED) is 0.770. The van der Waals surface area contributed by atoms with Gasteiger partial charge in [0, 0.05) is 30.8 Å². The Morgan fingerprint density at radius 2 is 1.79 bits per heavy atom. The van der Waals surface area contributed by atoms with Crippen LogP contribution >= 0.6 is 0 Å². The average Bonchev–Trinajstić information content (AvgIpc) is 3.42. The highest BCUT2D eigenvalue weighted by molar-refractivity contribution is 5.95. The molecule has 1 aliphatic carbocycles. The number of nitrogens with one attached hydrogen (secondary N) is 2. The van der Waals surface area contributed by atoms with Gasteiger partial charge in [0.15, 0.2) is 6.61 Å². The average molecular weight is 379 g/mol. The summed E-state index contributed by atoms with van der Waals surface area (Å²) in [5, 5.41) is 5.84. The first-order valence-electron chi connectivity index (χ1n) is 9.86. The van der Waals surface area contributed by atoms with E-state index in [0.717, 1.165) is 37.3 Å². The van der Waals surface area contributed by atoms with Crippen LogP contribution < -0.4 is 20.3 Å². The van der Waals surface area contributed by atoms with Crippen LogP contribution in [0.1, 0.15) is 25.7 Å². The third kappa shape index (κ3) is 4.63. The molecule has 0 unspecified atom stereocenters. The Kier molecular flexibility index (Phi) is 5.46. The number of amides is 2. The number of anilines is 3. The minimum atomic E-state index is -0.209. The Bertz CT molecular complexity index is 858. The predicted octanol–water partition coefficient (Wildman–Crippen LogP) is 3.65. The van der Waals surface area contributed by atoms with Gasteiger partial charge < -0.3 is 20.3 Å². The highest BCUT2D eigenvalue weighted by atomic mass is 16.5. The van der Waals surface area contributed by atoms with Gasteiger partial charge in [-0.1, -0.05) is 18.2 Å². The maximum Gasteiger partial charge on any atom is 0.262 e. The summed E-state index contributed by atoms with van der Waals surface area (Å²) < 4.78 is 5.63. The molecule has 146 valence electrons. The fourth-order valence-corrected chi connectivity index (χ4v) is 3.40. The van der Waals surface area contributed by atoms with Crippen LogP contribution in [0.25, 0.3) is 0 Å². The number of para-hydroxylation sites is 2. The molecule has 1 heterocycles. The smallest absolute Gasteiger partial charge is 0.262 e. The number of rotatable bonds is 7. The van der Waals surface area contributed by atoms with Gasteiger partial charge >= 0.3 is 0 Å². The zero-order valence-electron chi connectivity index (χ0n) is 15.8. The van der Waals surface area contributed by atoms with E-state index in [1.54, 1.807) is 18.2 Å². The molecule has 6 nitrogen and oxygen atoms in total. The number of carbonyl (C=O) groups excluding carboxylic acids is 2. The van der Waals surface area contributed by atoms with Crippen LogP contribution in [0.2, 0.25) is 0 Å². The minimum absolute atomic E-state index is 0.0495. The molecule has 0 atom stereocenters. The lowest BCUT2D eigenvalue weighted by atomic mass is 10.2.